The molecule has 0 N–H and O–H groups in total. The van der Waals surface area contributed by atoms with Crippen LogP contribution in [0.15, 0.2) is 165 Å². The van der Waals surface area contributed by atoms with Gasteiger partial charge >= 0.3 is 0 Å². The molecule has 2 aliphatic heterocycles. The van der Waals surface area contributed by atoms with E-state index in [4.69, 9.17) is 9.47 Å². The van der Waals surface area contributed by atoms with E-state index in [9.17, 15) is 9.59 Å². The van der Waals surface area contributed by atoms with E-state index in [1.807, 2.05) is 60.7 Å². The first kappa shape index (κ1) is 34.3. The number of carbonyl (C=O) groups is 2. The molecule has 50 heavy (non-hydrogen) atoms. The molecule has 0 saturated carbocycles. The molecule has 4 aromatic rings. The van der Waals surface area contributed by atoms with Crippen LogP contribution in [0.5, 0.6) is 0 Å². The smallest absolute Gasteiger partial charge is 0.156 e. The molecule has 2 heterocycles. The second-order valence-corrected chi connectivity index (χ2v) is 15.6. The molecule has 2 aliphatic carbocycles. The van der Waals surface area contributed by atoms with Gasteiger partial charge < -0.3 is 9.47 Å². The summed E-state index contributed by atoms with van der Waals surface area (Å²) in [5.41, 5.74) is 4.04. The van der Waals surface area contributed by atoms with Crippen molar-refractivity contribution in [3.05, 3.63) is 167 Å². The summed E-state index contributed by atoms with van der Waals surface area (Å²) < 4.78 is 12.5. The Hall–Kier alpha value is -4.20. The van der Waals surface area contributed by atoms with Gasteiger partial charge in [0.2, 0.25) is 0 Å². The fourth-order valence-electron chi connectivity index (χ4n) is 7.14. The number of hydrogen-bond donors (Lipinski definition) is 0. The number of carbonyl (C=O) groups excluding carboxylic acids is 2. The average molecular weight is 697 g/mol. The SMILES string of the molecule is C[C@@]12C=CC(=O)C[C@@H]1C(c1ccccc1)=C(Sc1ccccc1)CO2.C[C@@]12C=CC(=O)C[C@@H]1C(c1ccccc1)=C(Sc1ccccc1)CO2. The minimum Gasteiger partial charge on any atom is -0.365 e. The molecule has 6 heteroatoms. The Balaban J connectivity index is 0.000000157. The first-order valence-electron chi connectivity index (χ1n) is 17.1. The summed E-state index contributed by atoms with van der Waals surface area (Å²) in [6, 6.07) is 41.5. The lowest BCUT2D eigenvalue weighted by molar-refractivity contribution is -0.119. The molecule has 0 bridgehead atoms. The van der Waals surface area contributed by atoms with Crippen LogP contribution in [0.4, 0.5) is 0 Å². The van der Waals surface area contributed by atoms with Gasteiger partial charge in [-0.2, -0.15) is 0 Å². The predicted molar refractivity (Wildman–Crippen MR) is 205 cm³/mol. The third kappa shape index (κ3) is 7.45. The highest BCUT2D eigenvalue weighted by Gasteiger charge is 2.45. The maximum atomic E-state index is 12.1. The zero-order valence-corrected chi connectivity index (χ0v) is 29.9. The third-order valence-corrected chi connectivity index (χ3v) is 12.0. The summed E-state index contributed by atoms with van der Waals surface area (Å²) in [5.74, 6) is 0.440. The minimum atomic E-state index is -0.417. The van der Waals surface area contributed by atoms with Gasteiger partial charge in [-0.05, 0) is 84.7 Å². The van der Waals surface area contributed by atoms with Crippen molar-refractivity contribution in [2.24, 2.45) is 11.8 Å². The Bertz CT molecular complexity index is 1820. The number of fused-ring (bicyclic) bond motifs is 2. The van der Waals surface area contributed by atoms with Crippen LogP contribution >= 0.6 is 23.5 Å². The highest BCUT2D eigenvalue weighted by atomic mass is 32.2. The zero-order valence-electron chi connectivity index (χ0n) is 28.3. The molecule has 0 fully saturated rings. The molecule has 4 atom stereocenters. The van der Waals surface area contributed by atoms with Gasteiger partial charge in [-0.1, -0.05) is 121 Å². The fraction of sp³-hybridized carbons (Fsp3) is 0.227. The van der Waals surface area contributed by atoms with Crippen LogP contribution in [0, 0.1) is 11.8 Å². The molecule has 0 radical (unpaired) electrons. The molecule has 8 rings (SSSR count). The molecule has 252 valence electrons. The van der Waals surface area contributed by atoms with Crippen LogP contribution in [-0.4, -0.2) is 36.0 Å². The summed E-state index contributed by atoms with van der Waals surface area (Å²) >= 11 is 3.48. The van der Waals surface area contributed by atoms with Gasteiger partial charge in [0.25, 0.3) is 0 Å². The topological polar surface area (TPSA) is 52.6 Å². The van der Waals surface area contributed by atoms with Crippen molar-refractivity contribution in [2.45, 2.75) is 47.7 Å². The average Bonchev–Trinajstić information content (AvgIpc) is 3.14. The van der Waals surface area contributed by atoms with E-state index >= 15 is 0 Å². The van der Waals surface area contributed by atoms with E-state index in [1.54, 1.807) is 35.7 Å². The standard InChI is InChI=1S/2C22H20O2S/c2*1-22-13-12-17(23)14-19(22)21(16-8-4-2-5-9-16)20(15-24-22)25-18-10-6-3-7-11-18/h2*2-13,19H,14-15H2,1H3/t2*19-,22-/m11/s1. The molecule has 4 nitrogen and oxygen atoms in total. The van der Waals surface area contributed by atoms with Crippen LogP contribution in [0.25, 0.3) is 11.1 Å². The van der Waals surface area contributed by atoms with Gasteiger partial charge in [-0.3, -0.25) is 9.59 Å². The quantitative estimate of drug-likeness (QED) is 0.200. The van der Waals surface area contributed by atoms with E-state index < -0.39 is 11.2 Å². The number of allylic oxidation sites excluding steroid dienone is 2. The second kappa shape index (κ2) is 15.0. The van der Waals surface area contributed by atoms with Crippen molar-refractivity contribution >= 4 is 46.2 Å². The molecule has 0 saturated heterocycles. The van der Waals surface area contributed by atoms with E-state index in [0.29, 0.717) is 26.1 Å². The Morgan fingerprint density at radius 3 is 1.22 bits per heavy atom. The van der Waals surface area contributed by atoms with Gasteiger partial charge in [0.05, 0.1) is 24.4 Å². The number of ketones is 2. The van der Waals surface area contributed by atoms with Crippen LogP contribution < -0.4 is 0 Å². The van der Waals surface area contributed by atoms with Crippen molar-refractivity contribution in [1.29, 1.82) is 0 Å². The second-order valence-electron chi connectivity index (χ2n) is 13.3. The number of rotatable bonds is 6. The summed E-state index contributed by atoms with van der Waals surface area (Å²) in [7, 11) is 0. The van der Waals surface area contributed by atoms with Crippen LogP contribution in [0.3, 0.4) is 0 Å². The first-order valence-corrected chi connectivity index (χ1v) is 18.7. The van der Waals surface area contributed by atoms with E-state index in [2.05, 4.69) is 86.6 Å². The highest BCUT2D eigenvalue weighted by Crippen LogP contribution is 2.50. The molecule has 4 aliphatic rings. The predicted octanol–water partition coefficient (Wildman–Crippen LogP) is 10.2. The zero-order chi connectivity index (χ0) is 34.6. The molecule has 0 unspecified atom stereocenters. The monoisotopic (exact) mass is 696 g/mol. The molecule has 0 amide bonds. The Morgan fingerprint density at radius 1 is 0.520 bits per heavy atom. The molecular formula is C44H40O4S2. The summed E-state index contributed by atoms with van der Waals surface area (Å²) in [5, 5.41) is 0. The number of ether oxygens (including phenoxy) is 2. The minimum absolute atomic E-state index is 0.0485. The summed E-state index contributed by atoms with van der Waals surface area (Å²) in [6.07, 6.45) is 8.22. The summed E-state index contributed by atoms with van der Waals surface area (Å²) in [4.78, 5) is 29.0. The van der Waals surface area contributed by atoms with E-state index in [-0.39, 0.29) is 23.4 Å². The molecule has 4 aromatic carbocycles. The lowest BCUT2D eigenvalue weighted by Crippen LogP contribution is -2.44. The van der Waals surface area contributed by atoms with E-state index in [0.717, 1.165) is 0 Å². The number of benzene rings is 4. The van der Waals surface area contributed by atoms with Crippen molar-refractivity contribution < 1.29 is 19.1 Å². The van der Waals surface area contributed by atoms with Crippen molar-refractivity contribution in [2.75, 3.05) is 13.2 Å². The van der Waals surface area contributed by atoms with Crippen molar-refractivity contribution in [3.63, 3.8) is 0 Å². The van der Waals surface area contributed by atoms with Gasteiger partial charge in [-0.15, -0.1) is 0 Å². The number of thioether (sulfide) groups is 2. The lowest BCUT2D eigenvalue weighted by atomic mass is 9.72. The molecule has 0 spiro atoms. The van der Waals surface area contributed by atoms with Crippen molar-refractivity contribution in [3.8, 4) is 0 Å². The fourth-order valence-corrected chi connectivity index (χ4v) is 9.28. The Morgan fingerprint density at radius 2 is 0.860 bits per heavy atom. The normalized spacial score (nSPS) is 25.8. The van der Waals surface area contributed by atoms with Crippen LogP contribution in [-0.2, 0) is 19.1 Å². The van der Waals surface area contributed by atoms with Crippen LogP contribution in [0.1, 0.15) is 37.8 Å². The first-order chi connectivity index (χ1) is 24.3. The van der Waals surface area contributed by atoms with E-state index in [1.165, 1.54) is 41.9 Å². The largest absolute Gasteiger partial charge is 0.365 e. The maximum absolute atomic E-state index is 12.1. The molecule has 0 aromatic heterocycles. The maximum Gasteiger partial charge on any atom is 0.156 e. The van der Waals surface area contributed by atoms with Gasteiger partial charge in [0.15, 0.2) is 11.6 Å². The Kier molecular flexibility index (Phi) is 10.2. The third-order valence-electron chi connectivity index (χ3n) is 9.86. The number of hydrogen-bond acceptors (Lipinski definition) is 6. The Labute approximate surface area is 303 Å². The van der Waals surface area contributed by atoms with Gasteiger partial charge in [-0.25, -0.2) is 0 Å². The highest BCUT2D eigenvalue weighted by molar-refractivity contribution is 8.03. The van der Waals surface area contributed by atoms with Gasteiger partial charge in [0, 0.05) is 44.3 Å². The van der Waals surface area contributed by atoms with Crippen molar-refractivity contribution in [1.82, 2.24) is 0 Å². The summed E-state index contributed by atoms with van der Waals surface area (Å²) in [6.45, 7) is 5.31. The lowest BCUT2D eigenvalue weighted by Gasteiger charge is -2.43. The van der Waals surface area contributed by atoms with Gasteiger partial charge in [0.1, 0.15) is 0 Å². The van der Waals surface area contributed by atoms with Crippen LogP contribution in [0.2, 0.25) is 0 Å². The molecular weight excluding hydrogens is 657 g/mol.